The molecule has 144 valence electrons. The van der Waals surface area contributed by atoms with Crippen LogP contribution in [0.15, 0.2) is 0 Å². The fourth-order valence-electron chi connectivity index (χ4n) is 2.51. The lowest BCUT2D eigenvalue weighted by atomic mass is 10.1. The van der Waals surface area contributed by atoms with Crippen LogP contribution in [0.5, 0.6) is 0 Å². The number of rotatable bonds is 7. The van der Waals surface area contributed by atoms with Crippen molar-refractivity contribution in [2.24, 2.45) is 0 Å². The lowest BCUT2D eigenvalue weighted by Crippen LogP contribution is -2.50. The Morgan fingerprint density at radius 2 is 1.29 bits per heavy atom. The van der Waals surface area contributed by atoms with E-state index in [9.17, 15) is 35.1 Å². The zero-order chi connectivity index (χ0) is 18.6. The summed E-state index contributed by atoms with van der Waals surface area (Å²) in [5, 5.41) is 0. The van der Waals surface area contributed by atoms with E-state index < -0.39 is 43.4 Å². The molecule has 1 rings (SSSR count). The van der Waals surface area contributed by atoms with Gasteiger partial charge in [-0.2, -0.15) is 13.2 Å². The van der Waals surface area contributed by atoms with E-state index in [2.05, 4.69) is 4.74 Å². The molecule has 2 nitrogen and oxygen atoms in total. The van der Waals surface area contributed by atoms with Gasteiger partial charge in [-0.05, 0) is 32.9 Å². The minimum atomic E-state index is -5.78. The van der Waals surface area contributed by atoms with Crippen molar-refractivity contribution in [3.8, 4) is 0 Å². The third-order valence-electron chi connectivity index (χ3n) is 4.05. The summed E-state index contributed by atoms with van der Waals surface area (Å²) in [5.74, 6) is -8.45. The molecule has 0 bridgehead atoms. The van der Waals surface area contributed by atoms with E-state index >= 15 is 0 Å². The maximum Gasteiger partial charge on any atom is 0.425 e. The average Bonchev–Trinajstić information content (AvgIpc) is 2.73. The summed E-state index contributed by atoms with van der Waals surface area (Å²) in [6.45, 7) is -1.50. The van der Waals surface area contributed by atoms with Gasteiger partial charge in [0.2, 0.25) is 0 Å². The molecule has 1 aliphatic rings. The van der Waals surface area contributed by atoms with E-state index in [-0.39, 0.29) is 0 Å². The monoisotopic (exact) mass is 371 g/mol. The van der Waals surface area contributed by atoms with Gasteiger partial charge in [0.25, 0.3) is 12.1 Å². The SMILES string of the molecule is CC(N1CCCCCC1)C(F)(F)COCC(F)(F)C(F)C(F)(F)F. The van der Waals surface area contributed by atoms with Crippen LogP contribution >= 0.6 is 0 Å². The molecule has 1 heterocycles. The third kappa shape index (κ3) is 6.02. The summed E-state index contributed by atoms with van der Waals surface area (Å²) in [5.41, 5.74) is 0. The van der Waals surface area contributed by atoms with Crippen molar-refractivity contribution < 1.29 is 39.9 Å². The highest BCUT2D eigenvalue weighted by Crippen LogP contribution is 2.35. The van der Waals surface area contributed by atoms with Crippen molar-refractivity contribution in [3.05, 3.63) is 0 Å². The van der Waals surface area contributed by atoms with Gasteiger partial charge in [0, 0.05) is 0 Å². The first kappa shape index (κ1) is 21.4. The first-order chi connectivity index (χ1) is 10.9. The van der Waals surface area contributed by atoms with Gasteiger partial charge in [0.15, 0.2) is 0 Å². The van der Waals surface area contributed by atoms with Crippen LogP contribution in [0.2, 0.25) is 0 Å². The number of alkyl halides is 8. The average molecular weight is 371 g/mol. The molecule has 0 saturated carbocycles. The lowest BCUT2D eigenvalue weighted by molar-refractivity contribution is -0.259. The van der Waals surface area contributed by atoms with Crippen LogP contribution in [0, 0.1) is 0 Å². The van der Waals surface area contributed by atoms with Gasteiger partial charge in [-0.1, -0.05) is 12.8 Å². The summed E-state index contributed by atoms with van der Waals surface area (Å²) in [7, 11) is 0. The Hall–Kier alpha value is -0.640. The largest absolute Gasteiger partial charge is 0.425 e. The Balaban J connectivity index is 2.54. The Morgan fingerprint density at radius 1 is 0.833 bits per heavy atom. The molecule has 0 radical (unpaired) electrons. The predicted molar refractivity (Wildman–Crippen MR) is 71.2 cm³/mol. The Morgan fingerprint density at radius 3 is 1.75 bits per heavy atom. The molecular weight excluding hydrogens is 350 g/mol. The number of likely N-dealkylation sites (tertiary alicyclic amines) is 1. The maximum absolute atomic E-state index is 14.0. The molecule has 0 aliphatic carbocycles. The Kier molecular flexibility index (Phi) is 7.28. The molecule has 10 heteroatoms. The summed E-state index contributed by atoms with van der Waals surface area (Å²) in [4.78, 5) is 1.50. The third-order valence-corrected chi connectivity index (χ3v) is 4.05. The van der Waals surface area contributed by atoms with E-state index in [1.165, 1.54) is 11.8 Å². The van der Waals surface area contributed by atoms with Crippen LogP contribution in [0.4, 0.5) is 35.1 Å². The molecular formula is C14H21F8NO. The number of hydrogen-bond acceptors (Lipinski definition) is 2. The van der Waals surface area contributed by atoms with Crippen molar-refractivity contribution >= 4 is 0 Å². The van der Waals surface area contributed by atoms with Crippen molar-refractivity contribution in [3.63, 3.8) is 0 Å². The highest BCUT2D eigenvalue weighted by Gasteiger charge is 2.57. The lowest BCUT2D eigenvalue weighted by Gasteiger charge is -2.34. The van der Waals surface area contributed by atoms with E-state index in [1.807, 2.05) is 0 Å². The Bertz CT molecular complexity index is 379. The van der Waals surface area contributed by atoms with Crippen molar-refractivity contribution in [2.45, 2.75) is 62.8 Å². The molecule has 24 heavy (non-hydrogen) atoms. The van der Waals surface area contributed by atoms with Gasteiger partial charge in [-0.25, -0.2) is 22.0 Å². The maximum atomic E-state index is 14.0. The number of hydrogen-bond donors (Lipinski definition) is 0. The van der Waals surface area contributed by atoms with Gasteiger partial charge in [-0.15, -0.1) is 0 Å². The van der Waals surface area contributed by atoms with Crippen molar-refractivity contribution in [2.75, 3.05) is 26.3 Å². The second-order valence-corrected chi connectivity index (χ2v) is 6.05. The normalized spacial score (nSPS) is 21.4. The number of nitrogens with zero attached hydrogens (tertiary/aromatic N) is 1. The number of ether oxygens (including phenoxy) is 1. The quantitative estimate of drug-likeness (QED) is 0.614. The van der Waals surface area contributed by atoms with Crippen LogP contribution in [0.25, 0.3) is 0 Å². The molecule has 1 fully saturated rings. The summed E-state index contributed by atoms with van der Waals surface area (Å²) < 4.78 is 107. The van der Waals surface area contributed by atoms with Gasteiger partial charge in [0.05, 0.1) is 6.04 Å². The molecule has 0 aromatic heterocycles. The minimum absolute atomic E-state index is 0.424. The van der Waals surface area contributed by atoms with Crippen LogP contribution in [-0.4, -0.2) is 61.4 Å². The van der Waals surface area contributed by atoms with Crippen LogP contribution in [0.1, 0.15) is 32.6 Å². The highest BCUT2D eigenvalue weighted by atomic mass is 19.4. The molecule has 2 atom stereocenters. The molecule has 0 aromatic carbocycles. The Labute approximate surface area is 135 Å². The van der Waals surface area contributed by atoms with Crippen LogP contribution in [0.3, 0.4) is 0 Å². The first-order valence-electron chi connectivity index (χ1n) is 7.66. The second kappa shape index (κ2) is 8.16. The van der Waals surface area contributed by atoms with E-state index in [1.54, 1.807) is 0 Å². The second-order valence-electron chi connectivity index (χ2n) is 6.05. The van der Waals surface area contributed by atoms with Crippen molar-refractivity contribution in [1.29, 1.82) is 0 Å². The fourth-order valence-corrected chi connectivity index (χ4v) is 2.51. The van der Waals surface area contributed by atoms with E-state index in [0.29, 0.717) is 13.1 Å². The molecule has 1 aliphatic heterocycles. The van der Waals surface area contributed by atoms with E-state index in [4.69, 9.17) is 0 Å². The molecule has 0 amide bonds. The topological polar surface area (TPSA) is 12.5 Å². The van der Waals surface area contributed by atoms with Crippen LogP contribution in [-0.2, 0) is 4.74 Å². The van der Waals surface area contributed by atoms with Gasteiger partial charge >= 0.3 is 12.1 Å². The first-order valence-corrected chi connectivity index (χ1v) is 7.66. The predicted octanol–water partition coefficient (Wildman–Crippen LogP) is 4.44. The molecule has 0 N–H and O–H groups in total. The zero-order valence-corrected chi connectivity index (χ0v) is 13.2. The standard InChI is InChI=1S/C14H21F8NO/c1-10(23-6-4-2-3-5-7-23)12(16,17)8-24-9-13(18,19)11(15)14(20,21)22/h10-11H,2-9H2,1H3. The smallest absolute Gasteiger partial charge is 0.369 e. The molecule has 2 unspecified atom stereocenters. The summed E-state index contributed by atoms with van der Waals surface area (Å²) in [6.07, 6.45) is -6.96. The molecule has 0 aromatic rings. The molecule has 0 spiro atoms. The minimum Gasteiger partial charge on any atom is -0.369 e. The van der Waals surface area contributed by atoms with Gasteiger partial charge in [-0.3, -0.25) is 4.90 Å². The summed E-state index contributed by atoms with van der Waals surface area (Å²) >= 11 is 0. The van der Waals surface area contributed by atoms with Crippen molar-refractivity contribution in [1.82, 2.24) is 4.90 Å². The van der Waals surface area contributed by atoms with Gasteiger partial charge in [0.1, 0.15) is 13.2 Å². The highest BCUT2D eigenvalue weighted by molar-refractivity contribution is 4.86. The zero-order valence-electron chi connectivity index (χ0n) is 13.2. The number of halogens is 8. The molecule has 1 saturated heterocycles. The summed E-state index contributed by atoms with van der Waals surface area (Å²) in [6, 6.07) is -1.31. The van der Waals surface area contributed by atoms with Crippen LogP contribution < -0.4 is 0 Å². The van der Waals surface area contributed by atoms with E-state index in [0.717, 1.165) is 25.7 Å². The van der Waals surface area contributed by atoms with Gasteiger partial charge < -0.3 is 4.74 Å². The fraction of sp³-hybridized carbons (Fsp3) is 1.00.